The summed E-state index contributed by atoms with van der Waals surface area (Å²) in [4.78, 5) is 7.73. The third-order valence-electron chi connectivity index (χ3n) is 4.04. The quantitative estimate of drug-likeness (QED) is 0.346. The number of nitrogens with one attached hydrogen (secondary N) is 2. The second-order valence-corrected chi connectivity index (χ2v) is 7.55. The number of hydrogen-bond acceptors (Lipinski definition) is 3. The van der Waals surface area contributed by atoms with Crippen molar-refractivity contribution in [3.63, 3.8) is 0 Å². The highest BCUT2D eigenvalue weighted by atomic mass is 127. The molecule has 0 fully saturated rings. The molecule has 1 heterocycles. The maximum absolute atomic E-state index is 12.6. The van der Waals surface area contributed by atoms with Gasteiger partial charge in [0.05, 0.1) is 6.54 Å². The van der Waals surface area contributed by atoms with Crippen molar-refractivity contribution >= 4 is 41.3 Å². The molecule has 0 aliphatic heterocycles. The fourth-order valence-electron chi connectivity index (χ4n) is 2.63. The molecule has 150 valence electrons. The summed E-state index contributed by atoms with van der Waals surface area (Å²) in [6, 6.07) is 8.19. The lowest BCUT2D eigenvalue weighted by molar-refractivity contribution is -0.140. The Morgan fingerprint density at radius 1 is 1.19 bits per heavy atom. The molecule has 27 heavy (non-hydrogen) atoms. The van der Waals surface area contributed by atoms with E-state index in [4.69, 9.17) is 0 Å². The van der Waals surface area contributed by atoms with Gasteiger partial charge in [0.1, 0.15) is 5.01 Å². The molecule has 0 saturated heterocycles. The molecular weight excluding hydrogens is 488 g/mol. The number of thiazole rings is 1. The molecular formula is C18H24F3IN4S. The molecule has 0 aliphatic carbocycles. The van der Waals surface area contributed by atoms with Gasteiger partial charge in [0.15, 0.2) is 11.7 Å². The van der Waals surface area contributed by atoms with Crippen LogP contribution < -0.4 is 10.6 Å². The zero-order valence-electron chi connectivity index (χ0n) is 15.6. The van der Waals surface area contributed by atoms with Gasteiger partial charge in [-0.05, 0) is 18.1 Å². The van der Waals surface area contributed by atoms with Gasteiger partial charge >= 0.3 is 6.18 Å². The Balaban J connectivity index is 0.00000364. The highest BCUT2D eigenvalue weighted by Gasteiger charge is 2.33. The summed E-state index contributed by atoms with van der Waals surface area (Å²) in [5, 5.41) is 7.63. The predicted octanol–water partition coefficient (Wildman–Crippen LogP) is 4.73. The van der Waals surface area contributed by atoms with Crippen LogP contribution in [0.1, 0.15) is 35.7 Å². The zero-order chi connectivity index (χ0) is 19.4. The normalized spacial score (nSPS) is 12.5. The molecule has 0 radical (unpaired) electrons. The Bertz CT molecular complexity index is 772. The highest BCUT2D eigenvalue weighted by molar-refractivity contribution is 14.0. The lowest BCUT2D eigenvalue weighted by Crippen LogP contribution is -2.43. The molecule has 0 unspecified atom stereocenters. The van der Waals surface area contributed by atoms with Crippen LogP contribution in [-0.4, -0.2) is 24.5 Å². The highest BCUT2D eigenvalue weighted by Crippen LogP contribution is 2.30. The Hall–Kier alpha value is -1.36. The van der Waals surface area contributed by atoms with E-state index >= 15 is 0 Å². The van der Waals surface area contributed by atoms with Gasteiger partial charge in [-0.1, -0.05) is 38.1 Å². The minimum absolute atomic E-state index is 0. The first-order chi connectivity index (χ1) is 12.1. The molecule has 2 rings (SSSR count). The third kappa shape index (κ3) is 6.63. The van der Waals surface area contributed by atoms with E-state index in [1.807, 2.05) is 12.1 Å². The van der Waals surface area contributed by atoms with Crippen LogP contribution in [0.3, 0.4) is 0 Å². The summed E-state index contributed by atoms with van der Waals surface area (Å²) in [6.45, 7) is 7.15. The van der Waals surface area contributed by atoms with Gasteiger partial charge < -0.3 is 10.6 Å². The van der Waals surface area contributed by atoms with E-state index in [0.717, 1.165) is 16.7 Å². The van der Waals surface area contributed by atoms with Crippen molar-refractivity contribution in [2.45, 2.75) is 38.9 Å². The van der Waals surface area contributed by atoms with E-state index < -0.39 is 11.9 Å². The summed E-state index contributed by atoms with van der Waals surface area (Å²) in [5.41, 5.74) is 1.46. The minimum Gasteiger partial charge on any atom is -0.356 e. The van der Waals surface area contributed by atoms with Crippen molar-refractivity contribution in [1.29, 1.82) is 0 Å². The first-order valence-corrected chi connectivity index (χ1v) is 9.03. The van der Waals surface area contributed by atoms with E-state index in [1.165, 1.54) is 11.1 Å². The van der Waals surface area contributed by atoms with E-state index in [9.17, 15) is 13.2 Å². The molecule has 0 aliphatic rings. The molecule has 0 saturated carbocycles. The molecule has 0 bridgehead atoms. The number of halogens is 4. The molecule has 0 spiro atoms. The average molecular weight is 512 g/mol. The minimum atomic E-state index is -4.41. The summed E-state index contributed by atoms with van der Waals surface area (Å²) in [5.74, 6) is 0.524. The van der Waals surface area contributed by atoms with Gasteiger partial charge in [-0.3, -0.25) is 4.99 Å². The number of guanidine groups is 1. The van der Waals surface area contributed by atoms with Crippen molar-refractivity contribution in [2.75, 3.05) is 13.6 Å². The zero-order valence-corrected chi connectivity index (χ0v) is 18.8. The number of aromatic nitrogens is 1. The lowest BCUT2D eigenvalue weighted by Gasteiger charge is -2.28. The first-order valence-electron chi connectivity index (χ1n) is 8.16. The molecule has 4 nitrogen and oxygen atoms in total. The predicted molar refractivity (Wildman–Crippen MR) is 115 cm³/mol. The van der Waals surface area contributed by atoms with Crippen LogP contribution in [0.15, 0.2) is 34.6 Å². The van der Waals surface area contributed by atoms with Crippen molar-refractivity contribution in [2.24, 2.45) is 4.99 Å². The topological polar surface area (TPSA) is 49.3 Å². The second kappa shape index (κ2) is 9.72. The SMILES string of the molecule is CN=C(NCc1nc(C(F)(F)F)cs1)NCC(C)(C)c1ccccc1C.I. The maximum atomic E-state index is 12.6. The first kappa shape index (κ1) is 23.7. The van der Waals surface area contributed by atoms with Crippen LogP contribution in [0.4, 0.5) is 13.2 Å². The number of hydrogen-bond donors (Lipinski definition) is 2. The fraction of sp³-hybridized carbons (Fsp3) is 0.444. The Morgan fingerprint density at radius 3 is 2.41 bits per heavy atom. The largest absolute Gasteiger partial charge is 0.434 e. The smallest absolute Gasteiger partial charge is 0.356 e. The van der Waals surface area contributed by atoms with Gasteiger partial charge in [0, 0.05) is 24.4 Å². The number of alkyl halides is 3. The molecule has 0 atom stereocenters. The molecule has 9 heteroatoms. The molecule has 1 aromatic carbocycles. The maximum Gasteiger partial charge on any atom is 0.434 e. The van der Waals surface area contributed by atoms with Gasteiger partial charge in [0.25, 0.3) is 0 Å². The van der Waals surface area contributed by atoms with E-state index in [0.29, 0.717) is 17.5 Å². The Kier molecular flexibility index (Phi) is 8.52. The number of nitrogens with zero attached hydrogens (tertiary/aromatic N) is 2. The van der Waals surface area contributed by atoms with Crippen LogP contribution in [0.25, 0.3) is 0 Å². The van der Waals surface area contributed by atoms with Gasteiger partial charge in [-0.25, -0.2) is 4.98 Å². The number of aliphatic imine (C=N–C) groups is 1. The second-order valence-electron chi connectivity index (χ2n) is 6.60. The van der Waals surface area contributed by atoms with Crippen molar-refractivity contribution < 1.29 is 13.2 Å². The summed E-state index contributed by atoms with van der Waals surface area (Å²) < 4.78 is 37.8. The van der Waals surface area contributed by atoms with Crippen LogP contribution in [0.2, 0.25) is 0 Å². The Morgan fingerprint density at radius 2 is 1.85 bits per heavy atom. The van der Waals surface area contributed by atoms with Crippen molar-refractivity contribution in [3.05, 3.63) is 51.5 Å². The van der Waals surface area contributed by atoms with Crippen molar-refractivity contribution in [3.8, 4) is 0 Å². The number of benzene rings is 1. The van der Waals surface area contributed by atoms with Crippen molar-refractivity contribution in [1.82, 2.24) is 15.6 Å². The molecule has 2 aromatic rings. The monoisotopic (exact) mass is 512 g/mol. The van der Waals surface area contributed by atoms with E-state index in [-0.39, 0.29) is 35.9 Å². The molecule has 0 amide bonds. The molecule has 2 N–H and O–H groups in total. The summed E-state index contributed by atoms with van der Waals surface area (Å²) in [6.07, 6.45) is -4.41. The lowest BCUT2D eigenvalue weighted by atomic mass is 9.82. The summed E-state index contributed by atoms with van der Waals surface area (Å²) >= 11 is 0.975. The van der Waals surface area contributed by atoms with Crippen LogP contribution >= 0.6 is 35.3 Å². The standard InChI is InChI=1S/C18H23F3N4S.HI/c1-12-7-5-6-8-13(12)17(2,3)11-24-16(22-4)23-9-15-25-14(10-26-15)18(19,20)21;/h5-8,10H,9,11H2,1-4H3,(H2,22,23,24);1H. The number of aryl methyl sites for hydroxylation is 1. The van der Waals surface area contributed by atoms with Gasteiger partial charge in [0.2, 0.25) is 0 Å². The van der Waals surface area contributed by atoms with E-state index in [2.05, 4.69) is 53.5 Å². The van der Waals surface area contributed by atoms with Crippen LogP contribution in [-0.2, 0) is 18.1 Å². The number of rotatable bonds is 5. The summed E-state index contributed by atoms with van der Waals surface area (Å²) in [7, 11) is 1.62. The Labute approximate surface area is 178 Å². The van der Waals surface area contributed by atoms with E-state index in [1.54, 1.807) is 7.05 Å². The third-order valence-corrected chi connectivity index (χ3v) is 4.89. The fourth-order valence-corrected chi connectivity index (χ4v) is 3.37. The average Bonchev–Trinajstić information content (AvgIpc) is 3.04. The van der Waals surface area contributed by atoms with Crippen LogP contribution in [0.5, 0.6) is 0 Å². The van der Waals surface area contributed by atoms with Gasteiger partial charge in [-0.2, -0.15) is 13.2 Å². The van der Waals surface area contributed by atoms with Gasteiger partial charge in [-0.15, -0.1) is 35.3 Å². The van der Waals surface area contributed by atoms with Crippen LogP contribution in [0, 0.1) is 6.92 Å². The molecule has 1 aromatic heterocycles.